The molecule has 5 heteroatoms. The van der Waals surface area contributed by atoms with Gasteiger partial charge in [0.25, 0.3) is 0 Å². The van der Waals surface area contributed by atoms with E-state index in [4.69, 9.17) is 5.11 Å². The lowest BCUT2D eigenvalue weighted by molar-refractivity contribution is -0.137. The first-order valence-electron chi connectivity index (χ1n) is 5.21. The molecule has 88 valence electrons. The number of aryl methyl sites for hydroxylation is 2. The molecule has 0 fully saturated rings. The van der Waals surface area contributed by atoms with Crippen LogP contribution in [0.4, 0.5) is 0 Å². The maximum Gasteiger partial charge on any atom is 0.303 e. The summed E-state index contributed by atoms with van der Waals surface area (Å²) in [6.07, 6.45) is 0.414. The second kappa shape index (κ2) is 4.79. The zero-order valence-corrected chi connectivity index (χ0v) is 10.9. The summed E-state index contributed by atoms with van der Waals surface area (Å²) in [7, 11) is 0. The van der Waals surface area contributed by atoms with Gasteiger partial charge in [-0.05, 0) is 19.1 Å². The van der Waals surface area contributed by atoms with E-state index in [9.17, 15) is 4.79 Å². The summed E-state index contributed by atoms with van der Waals surface area (Å²) in [5, 5.41) is 9.62. The van der Waals surface area contributed by atoms with E-state index in [0.29, 0.717) is 12.2 Å². The summed E-state index contributed by atoms with van der Waals surface area (Å²) in [5.74, 6) is -0.254. The highest BCUT2D eigenvalue weighted by Crippen LogP contribution is 2.24. The molecule has 4 nitrogen and oxygen atoms in total. The molecule has 1 heterocycles. The fourth-order valence-corrected chi connectivity index (χ4v) is 2.35. The molecule has 0 saturated heterocycles. The Labute approximate surface area is 107 Å². The molecule has 0 bridgehead atoms. The summed E-state index contributed by atoms with van der Waals surface area (Å²) in [6.45, 7) is 1.90. The van der Waals surface area contributed by atoms with Crippen molar-refractivity contribution in [2.45, 2.75) is 19.8 Å². The third-order valence-electron chi connectivity index (χ3n) is 2.46. The minimum atomic E-state index is -0.833. The van der Waals surface area contributed by atoms with Crippen LogP contribution in [0, 0.1) is 6.92 Å². The zero-order valence-electron chi connectivity index (χ0n) is 9.27. The van der Waals surface area contributed by atoms with Crippen molar-refractivity contribution < 1.29 is 9.90 Å². The SMILES string of the molecule is Cc1nc(CCC(=O)O)nc2cccc(Br)c12. The minimum absolute atomic E-state index is 0.0545. The van der Waals surface area contributed by atoms with E-state index in [1.807, 2.05) is 25.1 Å². The summed E-state index contributed by atoms with van der Waals surface area (Å²) in [4.78, 5) is 19.2. The average molecular weight is 295 g/mol. The second-order valence-electron chi connectivity index (χ2n) is 3.75. The Morgan fingerprint density at radius 1 is 1.41 bits per heavy atom. The van der Waals surface area contributed by atoms with Crippen LogP contribution in [0.2, 0.25) is 0 Å². The van der Waals surface area contributed by atoms with Crippen LogP contribution in [-0.4, -0.2) is 21.0 Å². The molecule has 2 rings (SSSR count). The van der Waals surface area contributed by atoms with Gasteiger partial charge in [0.2, 0.25) is 0 Å². The predicted octanol–water partition coefficient (Wildman–Crippen LogP) is 2.72. The second-order valence-corrected chi connectivity index (χ2v) is 4.61. The highest BCUT2D eigenvalue weighted by molar-refractivity contribution is 9.10. The monoisotopic (exact) mass is 294 g/mol. The van der Waals surface area contributed by atoms with E-state index >= 15 is 0 Å². The first-order valence-corrected chi connectivity index (χ1v) is 6.01. The van der Waals surface area contributed by atoms with Crippen molar-refractivity contribution in [1.82, 2.24) is 9.97 Å². The van der Waals surface area contributed by atoms with E-state index in [-0.39, 0.29) is 6.42 Å². The molecular formula is C12H11BrN2O2. The van der Waals surface area contributed by atoms with Gasteiger partial charge in [0.15, 0.2) is 0 Å². The van der Waals surface area contributed by atoms with Crippen LogP contribution in [0.5, 0.6) is 0 Å². The number of aromatic nitrogens is 2. The van der Waals surface area contributed by atoms with Crippen LogP contribution in [0.25, 0.3) is 10.9 Å². The Morgan fingerprint density at radius 2 is 2.18 bits per heavy atom. The summed E-state index contributed by atoms with van der Waals surface area (Å²) in [6, 6.07) is 5.74. The van der Waals surface area contributed by atoms with Gasteiger partial charge in [-0.15, -0.1) is 0 Å². The number of carbonyl (C=O) groups is 1. The van der Waals surface area contributed by atoms with Gasteiger partial charge in [-0.2, -0.15) is 0 Å². The molecule has 0 aliphatic rings. The molecule has 1 N–H and O–H groups in total. The van der Waals surface area contributed by atoms with Crippen molar-refractivity contribution in [2.75, 3.05) is 0 Å². The lowest BCUT2D eigenvalue weighted by Crippen LogP contribution is -2.03. The molecule has 1 aromatic heterocycles. The molecule has 0 amide bonds. The third kappa shape index (κ3) is 2.61. The number of carboxylic acids is 1. The van der Waals surface area contributed by atoms with Crippen molar-refractivity contribution in [3.63, 3.8) is 0 Å². The number of fused-ring (bicyclic) bond motifs is 1. The summed E-state index contributed by atoms with van der Waals surface area (Å²) >= 11 is 3.46. The van der Waals surface area contributed by atoms with E-state index in [0.717, 1.165) is 21.1 Å². The number of halogens is 1. The van der Waals surface area contributed by atoms with E-state index < -0.39 is 5.97 Å². The maximum atomic E-state index is 10.5. The number of aliphatic carboxylic acids is 1. The molecule has 0 saturated carbocycles. The van der Waals surface area contributed by atoms with Gasteiger partial charge in [-0.1, -0.05) is 22.0 Å². The van der Waals surface area contributed by atoms with Crippen LogP contribution in [0.1, 0.15) is 17.9 Å². The molecule has 1 aromatic carbocycles. The van der Waals surface area contributed by atoms with E-state index in [1.54, 1.807) is 0 Å². The van der Waals surface area contributed by atoms with Gasteiger partial charge >= 0.3 is 5.97 Å². The number of carboxylic acid groups (broad SMARTS) is 1. The van der Waals surface area contributed by atoms with E-state index in [2.05, 4.69) is 25.9 Å². The van der Waals surface area contributed by atoms with Gasteiger partial charge in [0.05, 0.1) is 11.9 Å². The molecule has 0 aliphatic carbocycles. The van der Waals surface area contributed by atoms with Crippen molar-refractivity contribution in [3.8, 4) is 0 Å². The number of hydrogen-bond donors (Lipinski definition) is 1. The average Bonchev–Trinajstić information content (AvgIpc) is 2.26. The Balaban J connectivity index is 2.45. The van der Waals surface area contributed by atoms with Crippen LogP contribution in [0.3, 0.4) is 0 Å². The third-order valence-corrected chi connectivity index (χ3v) is 3.12. The maximum absolute atomic E-state index is 10.5. The highest BCUT2D eigenvalue weighted by atomic mass is 79.9. The van der Waals surface area contributed by atoms with Gasteiger partial charge in [-0.3, -0.25) is 4.79 Å². The Kier molecular flexibility index (Phi) is 3.38. The standard InChI is InChI=1S/C12H11BrN2O2/c1-7-12-8(13)3-2-4-9(12)15-10(14-7)5-6-11(16)17/h2-4H,5-6H2,1H3,(H,16,17). The Bertz CT molecular complexity index is 584. The largest absolute Gasteiger partial charge is 0.481 e. The van der Waals surface area contributed by atoms with Crippen LogP contribution < -0.4 is 0 Å². The zero-order chi connectivity index (χ0) is 12.4. The van der Waals surface area contributed by atoms with Crippen molar-refractivity contribution in [2.24, 2.45) is 0 Å². The molecule has 0 unspecified atom stereocenters. The van der Waals surface area contributed by atoms with Gasteiger partial charge in [-0.25, -0.2) is 9.97 Å². The van der Waals surface area contributed by atoms with Crippen molar-refractivity contribution >= 4 is 32.8 Å². The minimum Gasteiger partial charge on any atom is -0.481 e. The smallest absolute Gasteiger partial charge is 0.303 e. The lowest BCUT2D eigenvalue weighted by Gasteiger charge is -2.06. The number of rotatable bonds is 3. The number of benzene rings is 1. The molecule has 0 radical (unpaired) electrons. The first kappa shape index (κ1) is 12.0. The fourth-order valence-electron chi connectivity index (χ4n) is 1.71. The topological polar surface area (TPSA) is 63.1 Å². The summed E-state index contributed by atoms with van der Waals surface area (Å²) < 4.78 is 0.956. The van der Waals surface area contributed by atoms with E-state index in [1.165, 1.54) is 0 Å². The first-order chi connectivity index (χ1) is 8.08. The molecule has 0 aliphatic heterocycles. The Hall–Kier alpha value is -1.49. The predicted molar refractivity (Wildman–Crippen MR) is 67.9 cm³/mol. The number of nitrogens with zero attached hydrogens (tertiary/aromatic N) is 2. The highest BCUT2D eigenvalue weighted by Gasteiger charge is 2.08. The Morgan fingerprint density at radius 3 is 2.88 bits per heavy atom. The fraction of sp³-hybridized carbons (Fsp3) is 0.250. The summed E-state index contributed by atoms with van der Waals surface area (Å²) in [5.41, 5.74) is 1.70. The number of hydrogen-bond acceptors (Lipinski definition) is 3. The van der Waals surface area contributed by atoms with Gasteiger partial charge in [0, 0.05) is 22.0 Å². The van der Waals surface area contributed by atoms with Gasteiger partial charge < -0.3 is 5.11 Å². The lowest BCUT2D eigenvalue weighted by atomic mass is 10.2. The van der Waals surface area contributed by atoms with Crippen LogP contribution in [0.15, 0.2) is 22.7 Å². The molecule has 2 aromatic rings. The van der Waals surface area contributed by atoms with Crippen molar-refractivity contribution in [1.29, 1.82) is 0 Å². The van der Waals surface area contributed by atoms with Gasteiger partial charge in [0.1, 0.15) is 5.82 Å². The van der Waals surface area contributed by atoms with Crippen LogP contribution in [-0.2, 0) is 11.2 Å². The van der Waals surface area contributed by atoms with Crippen molar-refractivity contribution in [3.05, 3.63) is 34.2 Å². The van der Waals surface area contributed by atoms with Crippen LogP contribution >= 0.6 is 15.9 Å². The molecule has 0 atom stereocenters. The molecule has 17 heavy (non-hydrogen) atoms. The normalized spacial score (nSPS) is 10.7. The molecule has 0 spiro atoms. The molecular weight excluding hydrogens is 284 g/mol. The quantitative estimate of drug-likeness (QED) is 0.945.